The van der Waals surface area contributed by atoms with Crippen molar-refractivity contribution in [1.29, 1.82) is 0 Å². The largest absolute Gasteiger partial charge is 0.480 e. The SMILES string of the molecule is O=C(O)c1ccc([N+](=O)[O-])c(OC2CS(=O)(=O)CC2O)c1. The highest BCUT2D eigenvalue weighted by Gasteiger charge is 2.39. The average molecular weight is 317 g/mol. The first kappa shape index (κ1) is 15.2. The molecule has 1 aliphatic heterocycles. The van der Waals surface area contributed by atoms with Crippen molar-refractivity contribution in [2.45, 2.75) is 12.2 Å². The molecule has 0 aromatic heterocycles. The Hall–Kier alpha value is -2.20. The van der Waals surface area contributed by atoms with E-state index >= 15 is 0 Å². The van der Waals surface area contributed by atoms with Crippen LogP contribution < -0.4 is 4.74 Å². The minimum absolute atomic E-state index is 0.244. The highest BCUT2D eigenvalue weighted by Crippen LogP contribution is 2.31. The number of carboxylic acid groups (broad SMARTS) is 1. The molecule has 1 fully saturated rings. The van der Waals surface area contributed by atoms with Gasteiger partial charge in [-0.2, -0.15) is 0 Å². The lowest BCUT2D eigenvalue weighted by molar-refractivity contribution is -0.386. The molecule has 2 rings (SSSR count). The zero-order valence-corrected chi connectivity index (χ0v) is 11.3. The summed E-state index contributed by atoms with van der Waals surface area (Å²) in [6.07, 6.45) is -2.49. The maximum absolute atomic E-state index is 11.4. The lowest BCUT2D eigenvalue weighted by Gasteiger charge is -2.15. The fourth-order valence-corrected chi connectivity index (χ4v) is 3.63. The third-order valence-electron chi connectivity index (χ3n) is 2.95. The van der Waals surface area contributed by atoms with E-state index in [1.165, 1.54) is 0 Å². The highest BCUT2D eigenvalue weighted by atomic mass is 32.2. The maximum atomic E-state index is 11.4. The van der Waals surface area contributed by atoms with Crippen LogP contribution in [-0.2, 0) is 9.84 Å². The Morgan fingerprint density at radius 2 is 2.05 bits per heavy atom. The Bertz CT molecular complexity index is 698. The van der Waals surface area contributed by atoms with Gasteiger partial charge in [0.15, 0.2) is 15.6 Å². The van der Waals surface area contributed by atoms with Crippen molar-refractivity contribution >= 4 is 21.5 Å². The van der Waals surface area contributed by atoms with Crippen LogP contribution in [0.5, 0.6) is 5.75 Å². The molecule has 0 radical (unpaired) electrons. The Morgan fingerprint density at radius 3 is 2.52 bits per heavy atom. The summed E-state index contributed by atoms with van der Waals surface area (Å²) < 4.78 is 27.9. The summed E-state index contributed by atoms with van der Waals surface area (Å²) in [7, 11) is -3.49. The predicted molar refractivity (Wildman–Crippen MR) is 69.1 cm³/mol. The number of sulfone groups is 1. The van der Waals surface area contributed by atoms with Gasteiger partial charge in [-0.15, -0.1) is 0 Å². The first-order valence-electron chi connectivity index (χ1n) is 5.76. The fraction of sp³-hybridized carbons (Fsp3) is 0.364. The zero-order valence-electron chi connectivity index (χ0n) is 10.5. The normalized spacial score (nSPS) is 23.7. The molecule has 0 spiro atoms. The van der Waals surface area contributed by atoms with Crippen molar-refractivity contribution < 1.29 is 33.1 Å². The number of nitro benzene ring substituents is 1. The van der Waals surface area contributed by atoms with Crippen LogP contribution in [0.3, 0.4) is 0 Å². The van der Waals surface area contributed by atoms with Crippen LogP contribution in [0.15, 0.2) is 18.2 Å². The van der Waals surface area contributed by atoms with E-state index in [9.17, 15) is 28.4 Å². The molecule has 1 aliphatic rings. The van der Waals surface area contributed by atoms with E-state index in [1.54, 1.807) is 0 Å². The number of carboxylic acids is 1. The van der Waals surface area contributed by atoms with Crippen molar-refractivity contribution in [1.82, 2.24) is 0 Å². The van der Waals surface area contributed by atoms with E-state index in [2.05, 4.69) is 0 Å². The Kier molecular flexibility index (Phi) is 3.83. The van der Waals surface area contributed by atoms with Crippen molar-refractivity contribution in [2.75, 3.05) is 11.5 Å². The molecule has 0 bridgehead atoms. The summed E-state index contributed by atoms with van der Waals surface area (Å²) in [6.45, 7) is 0. The van der Waals surface area contributed by atoms with Crippen LogP contribution in [0.1, 0.15) is 10.4 Å². The van der Waals surface area contributed by atoms with E-state index in [1.807, 2.05) is 0 Å². The number of rotatable bonds is 4. The number of carbonyl (C=O) groups is 1. The maximum Gasteiger partial charge on any atom is 0.335 e. The van der Waals surface area contributed by atoms with E-state index < -0.39 is 50.1 Å². The fourth-order valence-electron chi connectivity index (χ4n) is 1.96. The van der Waals surface area contributed by atoms with Crippen molar-refractivity contribution in [3.05, 3.63) is 33.9 Å². The van der Waals surface area contributed by atoms with Gasteiger partial charge in [-0.1, -0.05) is 0 Å². The van der Waals surface area contributed by atoms with Gasteiger partial charge in [0.2, 0.25) is 0 Å². The van der Waals surface area contributed by atoms with Gasteiger partial charge in [-0.3, -0.25) is 10.1 Å². The number of aliphatic hydroxyl groups excluding tert-OH is 1. The van der Waals surface area contributed by atoms with Gasteiger partial charge < -0.3 is 14.9 Å². The third kappa shape index (κ3) is 3.28. The van der Waals surface area contributed by atoms with Crippen LogP contribution in [0.25, 0.3) is 0 Å². The molecule has 2 unspecified atom stereocenters. The lowest BCUT2D eigenvalue weighted by Crippen LogP contribution is -2.30. The minimum atomic E-state index is -3.49. The number of hydrogen-bond acceptors (Lipinski definition) is 7. The molecule has 0 saturated carbocycles. The molecule has 1 aromatic rings. The van der Waals surface area contributed by atoms with Crippen LogP contribution in [-0.4, -0.2) is 53.2 Å². The monoisotopic (exact) mass is 317 g/mol. The summed E-state index contributed by atoms with van der Waals surface area (Å²) in [5.74, 6) is -2.68. The number of nitro groups is 1. The zero-order chi connectivity index (χ0) is 15.8. The van der Waals surface area contributed by atoms with Gasteiger partial charge in [0, 0.05) is 12.1 Å². The molecule has 1 saturated heterocycles. The molecule has 1 heterocycles. The molecule has 21 heavy (non-hydrogen) atoms. The van der Waals surface area contributed by atoms with E-state index in [4.69, 9.17) is 9.84 Å². The molecule has 1 aromatic carbocycles. The summed E-state index contributed by atoms with van der Waals surface area (Å²) in [5, 5.41) is 29.4. The van der Waals surface area contributed by atoms with Gasteiger partial charge in [-0.05, 0) is 6.07 Å². The number of ether oxygens (including phenoxy) is 1. The molecular formula is C11H11NO8S. The highest BCUT2D eigenvalue weighted by molar-refractivity contribution is 7.91. The molecule has 114 valence electrons. The second-order valence-corrected chi connectivity index (χ2v) is 6.70. The van der Waals surface area contributed by atoms with Crippen LogP contribution in [0.2, 0.25) is 0 Å². The van der Waals surface area contributed by atoms with Gasteiger partial charge in [0.25, 0.3) is 0 Å². The summed E-state index contributed by atoms with van der Waals surface area (Å²) in [5.41, 5.74) is -0.748. The van der Waals surface area contributed by atoms with Crippen molar-refractivity contribution in [3.63, 3.8) is 0 Å². The lowest BCUT2D eigenvalue weighted by atomic mass is 10.2. The average Bonchev–Trinajstić information content (AvgIpc) is 2.61. The number of hydrogen-bond donors (Lipinski definition) is 2. The summed E-state index contributed by atoms with van der Waals surface area (Å²) in [6, 6.07) is 2.92. The standard InChI is InChI=1S/C11H11NO8S/c13-8-4-21(18,19)5-10(8)20-9-3-6(11(14)15)1-2-7(9)12(16)17/h1-3,8,10,13H,4-5H2,(H,14,15). The predicted octanol–water partition coefficient (Wildman–Crippen LogP) is -0.170. The van der Waals surface area contributed by atoms with Crippen LogP contribution in [0.4, 0.5) is 5.69 Å². The topological polar surface area (TPSA) is 144 Å². The summed E-state index contributed by atoms with van der Waals surface area (Å²) >= 11 is 0. The summed E-state index contributed by atoms with van der Waals surface area (Å²) in [4.78, 5) is 21.0. The minimum Gasteiger partial charge on any atom is -0.480 e. The molecule has 0 amide bonds. The van der Waals surface area contributed by atoms with Gasteiger partial charge >= 0.3 is 11.7 Å². The van der Waals surface area contributed by atoms with Crippen molar-refractivity contribution in [3.8, 4) is 5.75 Å². The smallest absolute Gasteiger partial charge is 0.335 e. The second kappa shape index (κ2) is 5.30. The number of nitrogens with zero attached hydrogens (tertiary/aromatic N) is 1. The van der Waals surface area contributed by atoms with Crippen LogP contribution >= 0.6 is 0 Å². The molecular weight excluding hydrogens is 306 g/mol. The van der Waals surface area contributed by atoms with E-state index in [0.717, 1.165) is 18.2 Å². The number of aliphatic hydroxyl groups is 1. The number of aromatic carboxylic acids is 1. The Balaban J connectivity index is 2.36. The van der Waals surface area contributed by atoms with Gasteiger partial charge in [0.1, 0.15) is 12.2 Å². The molecule has 0 aliphatic carbocycles. The number of benzene rings is 1. The Morgan fingerprint density at radius 1 is 1.38 bits per heavy atom. The third-order valence-corrected chi connectivity index (χ3v) is 4.64. The first-order chi connectivity index (χ1) is 9.69. The quantitative estimate of drug-likeness (QED) is 0.575. The van der Waals surface area contributed by atoms with E-state index in [0.29, 0.717) is 0 Å². The van der Waals surface area contributed by atoms with Gasteiger partial charge in [-0.25, -0.2) is 13.2 Å². The van der Waals surface area contributed by atoms with Crippen molar-refractivity contribution in [2.24, 2.45) is 0 Å². The van der Waals surface area contributed by atoms with E-state index in [-0.39, 0.29) is 11.3 Å². The first-order valence-corrected chi connectivity index (χ1v) is 7.58. The van der Waals surface area contributed by atoms with Crippen LogP contribution in [0, 0.1) is 10.1 Å². The van der Waals surface area contributed by atoms with Gasteiger partial charge in [0.05, 0.1) is 22.0 Å². The Labute approximate surface area is 118 Å². The second-order valence-electron chi connectivity index (χ2n) is 4.55. The molecule has 9 nitrogen and oxygen atoms in total. The molecule has 2 atom stereocenters. The molecule has 10 heteroatoms. The molecule has 2 N–H and O–H groups in total.